The summed E-state index contributed by atoms with van der Waals surface area (Å²) in [7, 11) is -4.01. The van der Waals surface area contributed by atoms with E-state index >= 15 is 0 Å². The summed E-state index contributed by atoms with van der Waals surface area (Å²) in [6, 6.07) is 8.81. The van der Waals surface area contributed by atoms with Gasteiger partial charge in [-0.2, -0.15) is 8.42 Å². The third kappa shape index (κ3) is 4.65. The Labute approximate surface area is 100 Å². The molecule has 0 fully saturated rings. The fourth-order valence-corrected chi connectivity index (χ4v) is 1.66. The summed E-state index contributed by atoms with van der Waals surface area (Å²) >= 11 is 0. The fraction of sp³-hybridized carbons (Fsp3) is 0.0833. The predicted molar refractivity (Wildman–Crippen MR) is 65.3 cm³/mol. The van der Waals surface area contributed by atoms with Gasteiger partial charge < -0.3 is 4.18 Å². The number of rotatable bonds is 4. The van der Waals surface area contributed by atoms with Crippen LogP contribution in [0.25, 0.3) is 6.08 Å². The number of benzene rings is 1. The molecule has 0 saturated carbocycles. The lowest BCUT2D eigenvalue weighted by atomic mass is 10.2. The number of hydrogen-bond acceptors (Lipinski definition) is 4. The minimum Gasteiger partial charge on any atom is -0.338 e. The first-order chi connectivity index (χ1) is 7.91. The number of carbonyl (C=O) groups is 1. The maximum Gasteiger partial charge on any atom is 0.349 e. The van der Waals surface area contributed by atoms with Gasteiger partial charge in [0.05, 0.1) is 5.41 Å². The van der Waals surface area contributed by atoms with Crippen molar-refractivity contribution in [3.05, 3.63) is 53.5 Å². The van der Waals surface area contributed by atoms with Crippen molar-refractivity contribution in [1.29, 1.82) is 0 Å². The minimum absolute atomic E-state index is 0.0293. The molecule has 0 radical (unpaired) electrons. The second kappa shape index (κ2) is 5.45. The Kier molecular flexibility index (Phi) is 4.23. The molecule has 4 nitrogen and oxygen atoms in total. The highest BCUT2D eigenvalue weighted by Crippen LogP contribution is 2.06. The van der Waals surface area contributed by atoms with Crippen molar-refractivity contribution in [2.24, 2.45) is 0 Å². The molecule has 5 heteroatoms. The quantitative estimate of drug-likeness (QED) is 0.608. The smallest absolute Gasteiger partial charge is 0.338 e. The highest BCUT2D eigenvalue weighted by molar-refractivity contribution is 7.90. The zero-order chi connectivity index (χ0) is 12.9. The van der Waals surface area contributed by atoms with Crippen molar-refractivity contribution in [1.82, 2.24) is 0 Å². The average molecular weight is 252 g/mol. The largest absolute Gasteiger partial charge is 0.349 e. The molecule has 0 aliphatic carbocycles. The van der Waals surface area contributed by atoms with Crippen LogP contribution in [0.1, 0.15) is 12.5 Å². The first-order valence-electron chi connectivity index (χ1n) is 4.78. The highest BCUT2D eigenvalue weighted by atomic mass is 32.2. The van der Waals surface area contributed by atoms with E-state index in [1.54, 1.807) is 24.3 Å². The summed E-state index contributed by atoms with van der Waals surface area (Å²) in [6.45, 7) is 4.67. The molecule has 0 amide bonds. The van der Waals surface area contributed by atoms with Gasteiger partial charge in [-0.25, -0.2) is 4.79 Å². The molecular formula is C12H12O4S. The number of carbonyl (C=O) groups excluding carboxylic acids is 1. The van der Waals surface area contributed by atoms with Crippen LogP contribution >= 0.6 is 0 Å². The molecule has 0 saturated heterocycles. The second-order valence-corrected chi connectivity index (χ2v) is 4.78. The van der Waals surface area contributed by atoms with Crippen LogP contribution in [0.4, 0.5) is 0 Å². The zero-order valence-electron chi connectivity index (χ0n) is 9.29. The summed E-state index contributed by atoms with van der Waals surface area (Å²) < 4.78 is 27.0. The van der Waals surface area contributed by atoms with Crippen molar-refractivity contribution in [3.63, 3.8) is 0 Å². The van der Waals surface area contributed by atoms with E-state index in [1.807, 2.05) is 6.07 Å². The molecule has 0 unspecified atom stereocenters. The number of hydrogen-bond donors (Lipinski definition) is 0. The van der Waals surface area contributed by atoms with Crippen molar-refractivity contribution in [2.45, 2.75) is 6.92 Å². The Bertz CT molecular complexity index is 541. The van der Waals surface area contributed by atoms with Gasteiger partial charge in [-0.3, -0.25) is 0 Å². The fourth-order valence-electron chi connectivity index (χ4n) is 0.930. The molecule has 90 valence electrons. The van der Waals surface area contributed by atoms with E-state index in [0.717, 1.165) is 5.41 Å². The van der Waals surface area contributed by atoms with E-state index in [4.69, 9.17) is 0 Å². The van der Waals surface area contributed by atoms with Crippen LogP contribution in [0, 0.1) is 0 Å². The van der Waals surface area contributed by atoms with E-state index in [2.05, 4.69) is 10.8 Å². The molecule has 1 rings (SSSR count). The molecule has 0 atom stereocenters. The first-order valence-corrected chi connectivity index (χ1v) is 6.25. The van der Waals surface area contributed by atoms with E-state index in [9.17, 15) is 13.2 Å². The second-order valence-electron chi connectivity index (χ2n) is 3.36. The van der Waals surface area contributed by atoms with E-state index in [1.165, 1.54) is 13.0 Å². The predicted octanol–water partition coefficient (Wildman–Crippen LogP) is 2.11. The van der Waals surface area contributed by atoms with Crippen LogP contribution in [0.5, 0.6) is 0 Å². The third-order valence-corrected chi connectivity index (χ3v) is 2.62. The zero-order valence-corrected chi connectivity index (χ0v) is 10.1. The van der Waals surface area contributed by atoms with Gasteiger partial charge >= 0.3 is 16.1 Å². The highest BCUT2D eigenvalue weighted by Gasteiger charge is 2.13. The summed E-state index contributed by atoms with van der Waals surface area (Å²) in [5.41, 5.74) is 0.726. The molecular weight excluding hydrogens is 240 g/mol. The summed E-state index contributed by atoms with van der Waals surface area (Å²) in [5.74, 6) is -0.956. The molecule has 1 aromatic carbocycles. The van der Waals surface area contributed by atoms with E-state index in [0.29, 0.717) is 5.56 Å². The summed E-state index contributed by atoms with van der Waals surface area (Å²) in [5, 5.41) is 0.836. The van der Waals surface area contributed by atoms with Gasteiger partial charge in [-0.05, 0) is 18.6 Å². The maximum atomic E-state index is 11.3. The molecule has 0 N–H and O–H groups in total. The van der Waals surface area contributed by atoms with Crippen LogP contribution in [0.2, 0.25) is 0 Å². The van der Waals surface area contributed by atoms with Crippen molar-refractivity contribution < 1.29 is 17.4 Å². The van der Waals surface area contributed by atoms with Gasteiger partial charge in [-0.1, -0.05) is 36.9 Å². The molecule has 0 aromatic heterocycles. The van der Waals surface area contributed by atoms with E-state index < -0.39 is 16.1 Å². The van der Waals surface area contributed by atoms with Crippen LogP contribution in [0.3, 0.4) is 0 Å². The molecule has 0 spiro atoms. The van der Waals surface area contributed by atoms with Gasteiger partial charge in [0, 0.05) is 5.57 Å². The van der Waals surface area contributed by atoms with E-state index in [-0.39, 0.29) is 5.57 Å². The Morgan fingerprint density at radius 1 is 1.29 bits per heavy atom. The Morgan fingerprint density at radius 2 is 1.88 bits per heavy atom. The van der Waals surface area contributed by atoms with Crippen molar-refractivity contribution >= 4 is 22.2 Å². The first kappa shape index (κ1) is 13.2. The van der Waals surface area contributed by atoms with Gasteiger partial charge in [0.15, 0.2) is 0 Å². The van der Waals surface area contributed by atoms with Crippen molar-refractivity contribution in [3.8, 4) is 0 Å². The van der Waals surface area contributed by atoms with Crippen LogP contribution in [-0.4, -0.2) is 14.4 Å². The van der Waals surface area contributed by atoms with Crippen LogP contribution < -0.4 is 0 Å². The lowest BCUT2D eigenvalue weighted by molar-refractivity contribution is -0.129. The normalized spacial score (nSPS) is 11.4. The molecule has 1 aromatic rings. The van der Waals surface area contributed by atoms with Gasteiger partial charge in [0.2, 0.25) is 0 Å². The molecule has 17 heavy (non-hydrogen) atoms. The Morgan fingerprint density at radius 3 is 2.41 bits per heavy atom. The minimum atomic E-state index is -4.01. The monoisotopic (exact) mass is 252 g/mol. The topological polar surface area (TPSA) is 60.4 Å². The third-order valence-electron chi connectivity index (χ3n) is 1.77. The van der Waals surface area contributed by atoms with Gasteiger partial charge in [0.1, 0.15) is 0 Å². The lowest BCUT2D eigenvalue weighted by Crippen LogP contribution is -2.10. The Balaban J connectivity index is 2.77. The molecule has 0 heterocycles. The SMILES string of the molecule is C=C(C)C(=O)OS(=O)(=O)C=Cc1ccccc1. The molecule has 0 aliphatic heterocycles. The van der Waals surface area contributed by atoms with Gasteiger partial charge in [-0.15, -0.1) is 0 Å². The van der Waals surface area contributed by atoms with Crippen LogP contribution in [0.15, 0.2) is 47.9 Å². The Hall–Kier alpha value is -1.88. The standard InChI is InChI=1S/C12H12O4S/c1-10(2)12(13)16-17(14,15)9-8-11-6-4-3-5-7-11/h3-9H,1H2,2H3. The summed E-state index contributed by atoms with van der Waals surface area (Å²) in [6.07, 6.45) is 1.35. The maximum absolute atomic E-state index is 11.3. The van der Waals surface area contributed by atoms with Gasteiger partial charge in [0.25, 0.3) is 0 Å². The van der Waals surface area contributed by atoms with Crippen LogP contribution in [-0.2, 0) is 19.1 Å². The molecule has 0 bridgehead atoms. The lowest BCUT2D eigenvalue weighted by Gasteiger charge is -2.00. The summed E-state index contributed by atoms with van der Waals surface area (Å²) in [4.78, 5) is 11.0. The average Bonchev–Trinajstić information content (AvgIpc) is 2.27. The van der Waals surface area contributed by atoms with Crippen molar-refractivity contribution in [2.75, 3.05) is 0 Å². The molecule has 0 aliphatic rings.